The zero-order valence-corrected chi connectivity index (χ0v) is 22.3. The predicted octanol–water partition coefficient (Wildman–Crippen LogP) is 3.14. The molecule has 1 unspecified atom stereocenters. The highest BCUT2D eigenvalue weighted by atomic mass is 32.2. The van der Waals surface area contributed by atoms with Gasteiger partial charge in [-0.1, -0.05) is 43.3 Å². The summed E-state index contributed by atoms with van der Waals surface area (Å²) in [7, 11) is -2.38. The van der Waals surface area contributed by atoms with Crippen LogP contribution >= 0.6 is 0 Å². The summed E-state index contributed by atoms with van der Waals surface area (Å²) in [5.41, 5.74) is 2.13. The number of anilines is 1. The standard InChI is InChI=1S/C26H37N3O5S/c1-7-22(26(31)27-19(2)3)28(16-15-21-11-9-8-10-12-21)25(30)18-29(35(6,32)33)23-17-20(4)13-14-24(23)34-5/h8-14,17,19,22H,7,15-16,18H2,1-6H3,(H,27,31). The molecule has 9 heteroatoms. The van der Waals surface area contributed by atoms with Gasteiger partial charge in [0.15, 0.2) is 0 Å². The van der Waals surface area contributed by atoms with E-state index in [-0.39, 0.29) is 24.2 Å². The van der Waals surface area contributed by atoms with Crippen molar-refractivity contribution in [2.75, 3.05) is 30.8 Å². The molecule has 192 valence electrons. The van der Waals surface area contributed by atoms with Gasteiger partial charge in [0.25, 0.3) is 0 Å². The minimum atomic E-state index is -3.83. The van der Waals surface area contributed by atoms with E-state index in [0.29, 0.717) is 18.6 Å². The number of rotatable bonds is 12. The summed E-state index contributed by atoms with van der Waals surface area (Å²) in [6.07, 6.45) is 1.98. The minimum absolute atomic E-state index is 0.0910. The van der Waals surface area contributed by atoms with Crippen LogP contribution in [0.1, 0.15) is 38.3 Å². The summed E-state index contributed by atoms with van der Waals surface area (Å²) in [6, 6.07) is 14.0. The van der Waals surface area contributed by atoms with E-state index in [4.69, 9.17) is 4.74 Å². The number of amides is 2. The summed E-state index contributed by atoms with van der Waals surface area (Å²) in [5, 5.41) is 2.88. The van der Waals surface area contributed by atoms with Crippen LogP contribution in [0.3, 0.4) is 0 Å². The number of nitrogens with zero attached hydrogens (tertiary/aromatic N) is 2. The van der Waals surface area contributed by atoms with E-state index in [9.17, 15) is 18.0 Å². The number of benzene rings is 2. The second-order valence-electron chi connectivity index (χ2n) is 8.86. The Kier molecular flexibility index (Phi) is 10.1. The van der Waals surface area contributed by atoms with Crippen LogP contribution in [0.5, 0.6) is 5.75 Å². The van der Waals surface area contributed by atoms with Crippen LogP contribution in [0, 0.1) is 6.92 Å². The number of sulfonamides is 1. The van der Waals surface area contributed by atoms with E-state index < -0.39 is 28.5 Å². The van der Waals surface area contributed by atoms with Gasteiger partial charge in [0.1, 0.15) is 18.3 Å². The van der Waals surface area contributed by atoms with Crippen molar-refractivity contribution in [3.05, 3.63) is 59.7 Å². The predicted molar refractivity (Wildman–Crippen MR) is 139 cm³/mol. The van der Waals surface area contributed by atoms with Gasteiger partial charge in [-0.25, -0.2) is 8.42 Å². The molecule has 0 aromatic heterocycles. The van der Waals surface area contributed by atoms with Gasteiger partial charge in [0.05, 0.1) is 19.1 Å². The fraction of sp³-hybridized carbons (Fsp3) is 0.462. The maximum Gasteiger partial charge on any atom is 0.244 e. The van der Waals surface area contributed by atoms with E-state index in [1.54, 1.807) is 18.2 Å². The van der Waals surface area contributed by atoms with Gasteiger partial charge in [-0.2, -0.15) is 0 Å². The second-order valence-corrected chi connectivity index (χ2v) is 10.8. The number of hydrogen-bond acceptors (Lipinski definition) is 5. The Morgan fingerprint density at radius 1 is 1.09 bits per heavy atom. The topological polar surface area (TPSA) is 96.0 Å². The number of hydrogen-bond donors (Lipinski definition) is 1. The van der Waals surface area contributed by atoms with Crippen molar-refractivity contribution in [2.24, 2.45) is 0 Å². The van der Waals surface area contributed by atoms with Crippen molar-refractivity contribution in [2.45, 2.75) is 52.6 Å². The molecule has 0 saturated carbocycles. The van der Waals surface area contributed by atoms with Crippen LogP contribution in [0.2, 0.25) is 0 Å². The first-order valence-electron chi connectivity index (χ1n) is 11.7. The molecular formula is C26H37N3O5S. The van der Waals surface area contributed by atoms with Crippen LogP contribution in [0.4, 0.5) is 5.69 Å². The molecule has 35 heavy (non-hydrogen) atoms. The van der Waals surface area contributed by atoms with Crippen molar-refractivity contribution in [1.29, 1.82) is 0 Å². The zero-order valence-electron chi connectivity index (χ0n) is 21.4. The van der Waals surface area contributed by atoms with Crippen molar-refractivity contribution < 1.29 is 22.7 Å². The lowest BCUT2D eigenvalue weighted by atomic mass is 10.1. The third-order valence-electron chi connectivity index (χ3n) is 5.58. The van der Waals surface area contributed by atoms with Gasteiger partial charge in [0.2, 0.25) is 21.8 Å². The second kappa shape index (κ2) is 12.6. The normalized spacial score (nSPS) is 12.2. The van der Waals surface area contributed by atoms with Crippen LogP contribution in [-0.2, 0) is 26.0 Å². The third-order valence-corrected chi connectivity index (χ3v) is 6.71. The molecule has 0 fully saturated rings. The number of carbonyl (C=O) groups is 2. The fourth-order valence-corrected chi connectivity index (χ4v) is 4.71. The number of aryl methyl sites for hydroxylation is 1. The van der Waals surface area contributed by atoms with E-state index in [2.05, 4.69) is 5.32 Å². The summed E-state index contributed by atoms with van der Waals surface area (Å²) in [5.74, 6) is -0.377. The Hall–Kier alpha value is -3.07. The first-order chi connectivity index (χ1) is 16.5. The van der Waals surface area contributed by atoms with Crippen LogP contribution < -0.4 is 14.4 Å². The Labute approximate surface area is 209 Å². The molecule has 2 rings (SSSR count). The maximum atomic E-state index is 13.7. The molecule has 0 spiro atoms. The molecule has 2 aromatic carbocycles. The van der Waals surface area contributed by atoms with Gasteiger partial charge >= 0.3 is 0 Å². The highest BCUT2D eigenvalue weighted by Gasteiger charge is 2.32. The molecule has 2 amide bonds. The van der Waals surface area contributed by atoms with Crippen molar-refractivity contribution in [3.63, 3.8) is 0 Å². The van der Waals surface area contributed by atoms with Crippen molar-refractivity contribution in [1.82, 2.24) is 10.2 Å². The molecule has 0 bridgehead atoms. The molecule has 1 atom stereocenters. The van der Waals surface area contributed by atoms with Gasteiger partial charge in [0, 0.05) is 12.6 Å². The van der Waals surface area contributed by atoms with E-state index in [1.807, 2.05) is 58.0 Å². The molecule has 0 heterocycles. The van der Waals surface area contributed by atoms with Crippen LogP contribution in [0.15, 0.2) is 48.5 Å². The Morgan fingerprint density at radius 3 is 2.29 bits per heavy atom. The summed E-state index contributed by atoms with van der Waals surface area (Å²) in [4.78, 5) is 28.1. The fourth-order valence-electron chi connectivity index (χ4n) is 3.87. The Bertz CT molecular complexity index is 1100. The maximum absolute atomic E-state index is 13.7. The van der Waals surface area contributed by atoms with E-state index in [0.717, 1.165) is 21.7 Å². The van der Waals surface area contributed by atoms with Gasteiger partial charge < -0.3 is 15.0 Å². The van der Waals surface area contributed by atoms with E-state index in [1.165, 1.54) is 12.0 Å². The summed E-state index contributed by atoms with van der Waals surface area (Å²) >= 11 is 0. The molecule has 0 saturated heterocycles. The number of carbonyl (C=O) groups excluding carboxylic acids is 2. The molecule has 0 radical (unpaired) electrons. The van der Waals surface area contributed by atoms with Crippen LogP contribution in [-0.4, -0.2) is 63.7 Å². The Balaban J connectivity index is 2.43. The number of methoxy groups -OCH3 is 1. The van der Waals surface area contributed by atoms with Gasteiger partial charge in [-0.05, 0) is 56.9 Å². The SMILES string of the molecule is CCC(C(=O)NC(C)C)N(CCc1ccccc1)C(=O)CN(c1cc(C)ccc1OC)S(C)(=O)=O. The quantitative estimate of drug-likeness (QED) is 0.480. The largest absolute Gasteiger partial charge is 0.495 e. The molecule has 0 aliphatic heterocycles. The minimum Gasteiger partial charge on any atom is -0.495 e. The molecule has 2 aromatic rings. The molecule has 8 nitrogen and oxygen atoms in total. The first-order valence-corrected chi connectivity index (χ1v) is 13.6. The average Bonchev–Trinajstić information content (AvgIpc) is 2.79. The highest BCUT2D eigenvalue weighted by Crippen LogP contribution is 2.31. The number of nitrogens with one attached hydrogen (secondary N) is 1. The van der Waals surface area contributed by atoms with E-state index >= 15 is 0 Å². The van der Waals surface area contributed by atoms with Crippen molar-refractivity contribution >= 4 is 27.5 Å². The Morgan fingerprint density at radius 2 is 1.74 bits per heavy atom. The molecule has 0 aliphatic rings. The molecule has 1 N–H and O–H groups in total. The lowest BCUT2D eigenvalue weighted by Crippen LogP contribution is -2.54. The zero-order chi connectivity index (χ0) is 26.2. The third kappa shape index (κ3) is 7.99. The molecular weight excluding hydrogens is 466 g/mol. The van der Waals surface area contributed by atoms with Gasteiger partial charge in [-0.15, -0.1) is 0 Å². The van der Waals surface area contributed by atoms with Gasteiger partial charge in [-0.3, -0.25) is 13.9 Å². The average molecular weight is 504 g/mol. The summed E-state index contributed by atoms with van der Waals surface area (Å²) in [6.45, 7) is 7.21. The highest BCUT2D eigenvalue weighted by molar-refractivity contribution is 7.92. The smallest absolute Gasteiger partial charge is 0.244 e. The van der Waals surface area contributed by atoms with Crippen LogP contribution in [0.25, 0.3) is 0 Å². The monoisotopic (exact) mass is 503 g/mol. The summed E-state index contributed by atoms with van der Waals surface area (Å²) < 4.78 is 32.0. The van der Waals surface area contributed by atoms with Crippen molar-refractivity contribution in [3.8, 4) is 5.75 Å². The first kappa shape index (κ1) is 28.2. The molecule has 0 aliphatic carbocycles. The lowest BCUT2D eigenvalue weighted by Gasteiger charge is -2.33. The lowest BCUT2D eigenvalue weighted by molar-refractivity contribution is -0.139. The number of ether oxygens (including phenoxy) is 1.